The van der Waals surface area contributed by atoms with Crippen molar-refractivity contribution in [3.63, 3.8) is 0 Å². The predicted octanol–water partition coefficient (Wildman–Crippen LogP) is 4.39. The summed E-state index contributed by atoms with van der Waals surface area (Å²) in [6, 6.07) is 0. The van der Waals surface area contributed by atoms with Gasteiger partial charge in [0, 0.05) is 13.2 Å². The van der Waals surface area contributed by atoms with Crippen LogP contribution in [0.5, 0.6) is 0 Å². The van der Waals surface area contributed by atoms with Crippen LogP contribution in [0.2, 0.25) is 0 Å². The Balaban J connectivity index is 4.12. The zero-order chi connectivity index (χ0) is 14.1. The minimum Gasteiger partial charge on any atom is -0.375 e. The fourth-order valence-corrected chi connectivity index (χ4v) is 2.26. The van der Waals surface area contributed by atoms with Crippen molar-refractivity contribution in [1.82, 2.24) is 5.32 Å². The van der Waals surface area contributed by atoms with E-state index in [4.69, 9.17) is 4.74 Å². The van der Waals surface area contributed by atoms with Gasteiger partial charge in [-0.25, -0.2) is 0 Å². The molecule has 2 heteroatoms. The minimum atomic E-state index is 0.0876. The third-order valence-electron chi connectivity index (χ3n) is 4.42. The number of hydrogen-bond donors (Lipinski definition) is 1. The van der Waals surface area contributed by atoms with Crippen molar-refractivity contribution in [2.45, 2.75) is 78.7 Å². The lowest BCUT2D eigenvalue weighted by Crippen LogP contribution is -2.33. The van der Waals surface area contributed by atoms with Gasteiger partial charge in [-0.1, -0.05) is 40.5 Å². The van der Waals surface area contributed by atoms with Crippen LogP contribution in [0.15, 0.2) is 0 Å². The Morgan fingerprint density at radius 1 is 1.00 bits per heavy atom. The highest BCUT2D eigenvalue weighted by atomic mass is 16.5. The summed E-state index contributed by atoms with van der Waals surface area (Å²) in [5.74, 6) is 0. The molecule has 0 aliphatic rings. The van der Waals surface area contributed by atoms with Crippen LogP contribution in [0.25, 0.3) is 0 Å². The number of ether oxygens (including phenoxy) is 1. The third kappa shape index (κ3) is 6.75. The molecule has 0 saturated carbocycles. The fourth-order valence-electron chi connectivity index (χ4n) is 2.26. The number of unbranched alkanes of at least 4 members (excludes halogenated alkanes) is 1. The highest BCUT2D eigenvalue weighted by molar-refractivity contribution is 4.77. The molecule has 0 radical (unpaired) electrons. The summed E-state index contributed by atoms with van der Waals surface area (Å²) < 4.78 is 6.20. The Labute approximate surface area is 115 Å². The van der Waals surface area contributed by atoms with Gasteiger partial charge in [-0.2, -0.15) is 0 Å². The maximum atomic E-state index is 6.20. The summed E-state index contributed by atoms with van der Waals surface area (Å²) in [7, 11) is 2.03. The molecule has 0 aromatic rings. The summed E-state index contributed by atoms with van der Waals surface area (Å²) in [6.45, 7) is 13.3. The van der Waals surface area contributed by atoms with Gasteiger partial charge in [0.15, 0.2) is 0 Å². The van der Waals surface area contributed by atoms with E-state index in [0.29, 0.717) is 5.41 Å². The second-order valence-corrected chi connectivity index (χ2v) is 6.20. The van der Waals surface area contributed by atoms with E-state index in [2.05, 4.69) is 39.9 Å². The molecule has 2 nitrogen and oxygen atoms in total. The van der Waals surface area contributed by atoms with Crippen LogP contribution in [0, 0.1) is 5.41 Å². The molecule has 0 rings (SSSR count). The van der Waals surface area contributed by atoms with Crippen molar-refractivity contribution >= 4 is 0 Å². The van der Waals surface area contributed by atoms with E-state index < -0.39 is 0 Å². The van der Waals surface area contributed by atoms with E-state index in [1.165, 1.54) is 25.7 Å². The number of rotatable bonds is 11. The third-order valence-corrected chi connectivity index (χ3v) is 4.42. The molecular weight excluding hydrogens is 222 g/mol. The van der Waals surface area contributed by atoms with Gasteiger partial charge in [-0.15, -0.1) is 0 Å². The lowest BCUT2D eigenvalue weighted by Gasteiger charge is -2.33. The van der Waals surface area contributed by atoms with Crippen molar-refractivity contribution in [3.05, 3.63) is 0 Å². The molecule has 0 amide bonds. The lowest BCUT2D eigenvalue weighted by atomic mass is 9.84. The van der Waals surface area contributed by atoms with Gasteiger partial charge >= 0.3 is 0 Å². The molecule has 0 fully saturated rings. The van der Waals surface area contributed by atoms with E-state index in [9.17, 15) is 0 Å². The van der Waals surface area contributed by atoms with Gasteiger partial charge < -0.3 is 10.1 Å². The van der Waals surface area contributed by atoms with E-state index in [0.717, 1.165) is 26.0 Å². The Bertz CT molecular complexity index is 207. The molecule has 2 unspecified atom stereocenters. The number of hydrogen-bond acceptors (Lipinski definition) is 2. The molecule has 0 bridgehead atoms. The van der Waals surface area contributed by atoms with Crippen molar-refractivity contribution in [3.8, 4) is 0 Å². The zero-order valence-corrected chi connectivity index (χ0v) is 13.6. The lowest BCUT2D eigenvalue weighted by molar-refractivity contribution is -0.0524. The molecule has 110 valence electrons. The number of nitrogens with one attached hydrogen (secondary N) is 1. The van der Waals surface area contributed by atoms with Gasteiger partial charge in [-0.3, -0.25) is 0 Å². The average Bonchev–Trinajstić information content (AvgIpc) is 2.36. The largest absolute Gasteiger partial charge is 0.375 e. The molecule has 2 atom stereocenters. The maximum absolute atomic E-state index is 6.20. The van der Waals surface area contributed by atoms with Gasteiger partial charge in [0.2, 0.25) is 0 Å². The highest BCUT2D eigenvalue weighted by Crippen LogP contribution is 2.28. The highest BCUT2D eigenvalue weighted by Gasteiger charge is 2.25. The SMILES string of the molecule is CCCCC(C)(CC)OCCC(C)(CC)CNC. The van der Waals surface area contributed by atoms with Gasteiger partial charge in [0.05, 0.1) is 5.60 Å². The molecule has 0 saturated heterocycles. The molecule has 0 heterocycles. The van der Waals surface area contributed by atoms with Crippen LogP contribution in [0.4, 0.5) is 0 Å². The summed E-state index contributed by atoms with van der Waals surface area (Å²) in [6.07, 6.45) is 7.18. The molecular formula is C16H35NO. The van der Waals surface area contributed by atoms with Crippen LogP contribution in [-0.4, -0.2) is 25.8 Å². The minimum absolute atomic E-state index is 0.0876. The first kappa shape index (κ1) is 17.9. The van der Waals surface area contributed by atoms with Crippen LogP contribution >= 0.6 is 0 Å². The van der Waals surface area contributed by atoms with Crippen LogP contribution in [-0.2, 0) is 4.74 Å². The molecule has 1 N–H and O–H groups in total. The van der Waals surface area contributed by atoms with Crippen molar-refractivity contribution < 1.29 is 4.74 Å². The van der Waals surface area contributed by atoms with Crippen LogP contribution in [0.3, 0.4) is 0 Å². The quantitative estimate of drug-likeness (QED) is 0.593. The summed E-state index contributed by atoms with van der Waals surface area (Å²) in [5.41, 5.74) is 0.457. The summed E-state index contributed by atoms with van der Waals surface area (Å²) >= 11 is 0. The van der Waals surface area contributed by atoms with E-state index in [-0.39, 0.29) is 5.60 Å². The summed E-state index contributed by atoms with van der Waals surface area (Å²) in [5, 5.41) is 3.30. The average molecular weight is 257 g/mol. The second-order valence-electron chi connectivity index (χ2n) is 6.20. The Hall–Kier alpha value is -0.0800. The monoisotopic (exact) mass is 257 g/mol. The topological polar surface area (TPSA) is 21.3 Å². The molecule has 0 aromatic carbocycles. The molecule has 0 aliphatic carbocycles. The van der Waals surface area contributed by atoms with Gasteiger partial charge in [0.25, 0.3) is 0 Å². The molecule has 18 heavy (non-hydrogen) atoms. The zero-order valence-electron chi connectivity index (χ0n) is 13.6. The van der Waals surface area contributed by atoms with E-state index in [1.807, 2.05) is 7.05 Å². The van der Waals surface area contributed by atoms with Crippen molar-refractivity contribution in [2.75, 3.05) is 20.2 Å². The van der Waals surface area contributed by atoms with Gasteiger partial charge in [-0.05, 0) is 45.1 Å². The van der Waals surface area contributed by atoms with Crippen LogP contribution < -0.4 is 5.32 Å². The molecule has 0 spiro atoms. The maximum Gasteiger partial charge on any atom is 0.0651 e. The molecule has 0 aliphatic heterocycles. The fraction of sp³-hybridized carbons (Fsp3) is 1.00. The second kappa shape index (κ2) is 8.92. The standard InChI is InChI=1S/C16H35NO/c1-7-10-11-16(5,9-3)18-13-12-15(4,8-2)14-17-6/h17H,7-14H2,1-6H3. The van der Waals surface area contributed by atoms with Crippen molar-refractivity contribution in [2.24, 2.45) is 5.41 Å². The Morgan fingerprint density at radius 2 is 1.67 bits per heavy atom. The first-order valence-electron chi connectivity index (χ1n) is 7.74. The van der Waals surface area contributed by atoms with Crippen LogP contribution in [0.1, 0.15) is 73.1 Å². The summed E-state index contributed by atoms with van der Waals surface area (Å²) in [4.78, 5) is 0. The van der Waals surface area contributed by atoms with E-state index in [1.54, 1.807) is 0 Å². The van der Waals surface area contributed by atoms with E-state index >= 15 is 0 Å². The molecule has 0 aromatic heterocycles. The van der Waals surface area contributed by atoms with Gasteiger partial charge in [0.1, 0.15) is 0 Å². The first-order chi connectivity index (χ1) is 8.45. The predicted molar refractivity (Wildman–Crippen MR) is 81.1 cm³/mol. The Morgan fingerprint density at radius 3 is 2.11 bits per heavy atom. The normalized spacial score (nSPS) is 18.3. The Kier molecular flexibility index (Phi) is 8.89. The van der Waals surface area contributed by atoms with Crippen molar-refractivity contribution in [1.29, 1.82) is 0 Å². The smallest absolute Gasteiger partial charge is 0.0651 e. The first-order valence-corrected chi connectivity index (χ1v) is 7.74.